The Morgan fingerprint density at radius 3 is 2.00 bits per heavy atom. The summed E-state index contributed by atoms with van der Waals surface area (Å²) in [5.74, 6) is -0.420. The van der Waals surface area contributed by atoms with Crippen LogP contribution in [0.5, 0.6) is 5.75 Å². The van der Waals surface area contributed by atoms with E-state index in [1.807, 2.05) is 5.32 Å². The first-order chi connectivity index (χ1) is 11.4. The van der Waals surface area contributed by atoms with Crippen molar-refractivity contribution in [2.45, 2.75) is 13.0 Å². The number of hydrogen-bond acceptors (Lipinski definition) is 4. The number of halogens is 1. The number of rotatable bonds is 5. The molecule has 2 rings (SSSR count). The summed E-state index contributed by atoms with van der Waals surface area (Å²) in [7, 11) is 0. The molecule has 0 aliphatic carbocycles. The van der Waals surface area contributed by atoms with Gasteiger partial charge in [-0.2, -0.15) is 0 Å². The summed E-state index contributed by atoms with van der Waals surface area (Å²) < 4.78 is 5.38. The quantitative estimate of drug-likeness (QED) is 0.813. The zero-order chi connectivity index (χ0) is 17.7. The van der Waals surface area contributed by atoms with Crippen LogP contribution in [-0.4, -0.2) is 23.8 Å². The lowest BCUT2D eigenvalue weighted by Crippen LogP contribution is -2.42. The first-order valence-electron chi connectivity index (χ1n) is 7.04. The predicted molar refractivity (Wildman–Crippen MR) is 89.1 cm³/mol. The molecular formula is C17H15ClN2O4. The molecule has 124 valence electrons. The van der Waals surface area contributed by atoms with Gasteiger partial charge in [0, 0.05) is 16.1 Å². The summed E-state index contributed by atoms with van der Waals surface area (Å²) in [4.78, 5) is 34.5. The van der Waals surface area contributed by atoms with Crippen LogP contribution in [0.3, 0.4) is 0 Å². The van der Waals surface area contributed by atoms with Gasteiger partial charge in [0.1, 0.15) is 5.75 Å². The Labute approximate surface area is 143 Å². The molecule has 7 heteroatoms. The van der Waals surface area contributed by atoms with Gasteiger partial charge < -0.3 is 10.5 Å². The third kappa shape index (κ3) is 4.57. The number of urea groups is 1. The van der Waals surface area contributed by atoms with E-state index in [-0.39, 0.29) is 5.78 Å². The van der Waals surface area contributed by atoms with Crippen molar-refractivity contribution in [1.29, 1.82) is 0 Å². The van der Waals surface area contributed by atoms with Crippen molar-refractivity contribution in [3.8, 4) is 5.75 Å². The number of imide groups is 1. The SMILES string of the molecule is C[C@H](Oc1ccc(C(=O)c2ccc(Cl)cc2)cc1)C(=O)NC(N)=O. The molecule has 6 nitrogen and oxygen atoms in total. The Morgan fingerprint density at radius 1 is 1.00 bits per heavy atom. The minimum absolute atomic E-state index is 0.155. The fourth-order valence-electron chi connectivity index (χ4n) is 1.93. The second-order valence-corrected chi connectivity index (χ2v) is 5.41. The summed E-state index contributed by atoms with van der Waals surface area (Å²) in [5.41, 5.74) is 5.86. The van der Waals surface area contributed by atoms with E-state index in [1.54, 1.807) is 48.5 Å². The van der Waals surface area contributed by atoms with Gasteiger partial charge in [0.25, 0.3) is 5.91 Å². The normalized spacial score (nSPS) is 11.4. The highest BCUT2D eigenvalue weighted by molar-refractivity contribution is 6.30. The van der Waals surface area contributed by atoms with Crippen molar-refractivity contribution in [3.05, 3.63) is 64.7 Å². The molecule has 0 spiro atoms. The van der Waals surface area contributed by atoms with Gasteiger partial charge in [-0.1, -0.05) is 11.6 Å². The van der Waals surface area contributed by atoms with Gasteiger partial charge in [-0.25, -0.2) is 4.79 Å². The van der Waals surface area contributed by atoms with E-state index in [9.17, 15) is 14.4 Å². The van der Waals surface area contributed by atoms with E-state index in [0.717, 1.165) is 0 Å². The number of nitrogens with two attached hydrogens (primary N) is 1. The van der Waals surface area contributed by atoms with Crippen LogP contribution in [0.15, 0.2) is 48.5 Å². The van der Waals surface area contributed by atoms with Crippen LogP contribution >= 0.6 is 11.6 Å². The molecular weight excluding hydrogens is 332 g/mol. The van der Waals surface area contributed by atoms with E-state index in [4.69, 9.17) is 22.1 Å². The Balaban J connectivity index is 2.05. The molecule has 0 radical (unpaired) electrons. The highest BCUT2D eigenvalue weighted by Gasteiger charge is 2.16. The van der Waals surface area contributed by atoms with Gasteiger partial charge in [-0.05, 0) is 55.5 Å². The minimum Gasteiger partial charge on any atom is -0.481 e. The topological polar surface area (TPSA) is 98.5 Å². The van der Waals surface area contributed by atoms with E-state index in [2.05, 4.69) is 0 Å². The third-order valence-corrected chi connectivity index (χ3v) is 3.40. The van der Waals surface area contributed by atoms with E-state index in [1.165, 1.54) is 6.92 Å². The Bertz CT molecular complexity index is 757. The van der Waals surface area contributed by atoms with Gasteiger partial charge in [0.2, 0.25) is 0 Å². The second-order valence-electron chi connectivity index (χ2n) is 4.97. The maximum atomic E-state index is 12.3. The maximum absolute atomic E-state index is 12.3. The summed E-state index contributed by atoms with van der Waals surface area (Å²) >= 11 is 5.80. The fraction of sp³-hybridized carbons (Fsp3) is 0.118. The number of hydrogen-bond donors (Lipinski definition) is 2. The summed E-state index contributed by atoms with van der Waals surface area (Å²) in [6.45, 7) is 1.48. The molecule has 24 heavy (non-hydrogen) atoms. The molecule has 0 fully saturated rings. The van der Waals surface area contributed by atoms with Crippen molar-refractivity contribution in [3.63, 3.8) is 0 Å². The van der Waals surface area contributed by atoms with Gasteiger partial charge in [0.15, 0.2) is 11.9 Å². The van der Waals surface area contributed by atoms with Crippen molar-refractivity contribution >= 4 is 29.3 Å². The number of carbonyl (C=O) groups excluding carboxylic acids is 3. The molecule has 0 aliphatic heterocycles. The zero-order valence-electron chi connectivity index (χ0n) is 12.8. The Kier molecular flexibility index (Phi) is 5.55. The predicted octanol–water partition coefficient (Wildman–Crippen LogP) is 2.53. The summed E-state index contributed by atoms with van der Waals surface area (Å²) in [6.07, 6.45) is -0.907. The van der Waals surface area contributed by atoms with Gasteiger partial charge in [-0.3, -0.25) is 14.9 Å². The number of carbonyl (C=O) groups is 3. The van der Waals surface area contributed by atoms with Crippen molar-refractivity contribution in [2.75, 3.05) is 0 Å². The maximum Gasteiger partial charge on any atom is 0.318 e. The molecule has 0 aliphatic rings. The highest BCUT2D eigenvalue weighted by Crippen LogP contribution is 2.18. The molecule has 0 bridgehead atoms. The van der Waals surface area contributed by atoms with Crippen LogP contribution in [0.2, 0.25) is 5.02 Å². The Morgan fingerprint density at radius 2 is 1.50 bits per heavy atom. The molecule has 2 aromatic carbocycles. The van der Waals surface area contributed by atoms with E-state index in [0.29, 0.717) is 21.9 Å². The van der Waals surface area contributed by atoms with Crippen molar-refractivity contribution in [1.82, 2.24) is 5.32 Å². The average Bonchev–Trinajstić information content (AvgIpc) is 2.55. The van der Waals surface area contributed by atoms with Crippen LogP contribution < -0.4 is 15.8 Å². The largest absolute Gasteiger partial charge is 0.481 e. The molecule has 0 saturated heterocycles. The van der Waals surface area contributed by atoms with Gasteiger partial charge >= 0.3 is 6.03 Å². The van der Waals surface area contributed by atoms with Crippen LogP contribution in [-0.2, 0) is 4.79 Å². The lowest BCUT2D eigenvalue weighted by atomic mass is 10.0. The Hall–Kier alpha value is -2.86. The average molecular weight is 347 g/mol. The smallest absolute Gasteiger partial charge is 0.318 e. The fourth-order valence-corrected chi connectivity index (χ4v) is 2.06. The molecule has 0 unspecified atom stereocenters. The minimum atomic E-state index is -0.945. The highest BCUT2D eigenvalue weighted by atomic mass is 35.5. The first-order valence-corrected chi connectivity index (χ1v) is 7.42. The van der Waals surface area contributed by atoms with Crippen LogP contribution in [0.4, 0.5) is 4.79 Å². The number of amides is 3. The second kappa shape index (κ2) is 7.61. The standard InChI is InChI=1S/C17H15ClN2O4/c1-10(16(22)20-17(19)23)24-14-8-4-12(5-9-14)15(21)11-2-6-13(18)7-3-11/h2-10H,1H3,(H3,19,20,22,23)/t10-/m0/s1. The number of ketones is 1. The van der Waals surface area contributed by atoms with Gasteiger partial charge in [-0.15, -0.1) is 0 Å². The number of primary amides is 1. The monoisotopic (exact) mass is 346 g/mol. The van der Waals surface area contributed by atoms with E-state index < -0.39 is 18.0 Å². The van der Waals surface area contributed by atoms with Crippen molar-refractivity contribution in [2.24, 2.45) is 5.73 Å². The molecule has 0 aromatic heterocycles. The number of benzene rings is 2. The molecule has 0 heterocycles. The molecule has 2 aromatic rings. The lowest BCUT2D eigenvalue weighted by molar-refractivity contribution is -0.126. The van der Waals surface area contributed by atoms with Crippen LogP contribution in [0, 0.1) is 0 Å². The van der Waals surface area contributed by atoms with Gasteiger partial charge in [0.05, 0.1) is 0 Å². The molecule has 1 atom stereocenters. The lowest BCUT2D eigenvalue weighted by Gasteiger charge is -2.13. The molecule has 3 N–H and O–H groups in total. The zero-order valence-corrected chi connectivity index (χ0v) is 13.5. The van der Waals surface area contributed by atoms with Crippen molar-refractivity contribution < 1.29 is 19.1 Å². The van der Waals surface area contributed by atoms with Crippen LogP contribution in [0.25, 0.3) is 0 Å². The number of nitrogens with one attached hydrogen (secondary N) is 1. The summed E-state index contributed by atoms with van der Waals surface area (Å²) in [5, 5.41) is 2.48. The van der Waals surface area contributed by atoms with E-state index >= 15 is 0 Å². The summed E-state index contributed by atoms with van der Waals surface area (Å²) in [6, 6.07) is 11.9. The first kappa shape index (κ1) is 17.5. The molecule has 3 amide bonds. The number of ether oxygens (including phenoxy) is 1. The third-order valence-electron chi connectivity index (χ3n) is 3.15. The van der Waals surface area contributed by atoms with Crippen LogP contribution in [0.1, 0.15) is 22.8 Å². The molecule has 0 saturated carbocycles.